The van der Waals surface area contributed by atoms with Gasteiger partial charge in [0.15, 0.2) is 0 Å². The van der Waals surface area contributed by atoms with Gasteiger partial charge in [0.1, 0.15) is 17.3 Å². The first-order chi connectivity index (χ1) is 18.0. The van der Waals surface area contributed by atoms with E-state index in [1.807, 2.05) is 61.7 Å². The maximum Gasteiger partial charge on any atom is 0.230 e. The molecular formula is C27H27N5O4S. The van der Waals surface area contributed by atoms with E-state index in [9.17, 15) is 9.59 Å². The van der Waals surface area contributed by atoms with Gasteiger partial charge in [-0.1, -0.05) is 12.1 Å². The Balaban J connectivity index is 1.32. The van der Waals surface area contributed by atoms with Crippen LogP contribution in [-0.4, -0.2) is 46.8 Å². The number of nitrogens with one attached hydrogen (secondary N) is 1. The summed E-state index contributed by atoms with van der Waals surface area (Å²) in [5.74, 6) is 1.06. The van der Waals surface area contributed by atoms with E-state index in [4.69, 9.17) is 14.5 Å². The van der Waals surface area contributed by atoms with Gasteiger partial charge < -0.3 is 19.7 Å². The van der Waals surface area contributed by atoms with Gasteiger partial charge in [-0.2, -0.15) is 9.78 Å². The van der Waals surface area contributed by atoms with E-state index in [1.165, 1.54) is 11.3 Å². The van der Waals surface area contributed by atoms with Crippen LogP contribution >= 0.6 is 11.3 Å². The van der Waals surface area contributed by atoms with E-state index < -0.39 is 5.92 Å². The van der Waals surface area contributed by atoms with Crippen LogP contribution in [0.15, 0.2) is 60.0 Å². The average Bonchev–Trinajstić information content (AvgIpc) is 3.63. The summed E-state index contributed by atoms with van der Waals surface area (Å²) in [5.41, 5.74) is 3.17. The molecule has 2 aromatic carbocycles. The molecule has 1 fully saturated rings. The van der Waals surface area contributed by atoms with E-state index in [2.05, 4.69) is 10.4 Å². The molecule has 2 aromatic heterocycles. The van der Waals surface area contributed by atoms with Crippen LogP contribution in [0.5, 0.6) is 11.5 Å². The topological polar surface area (TPSA) is 98.6 Å². The number of benzene rings is 2. The molecule has 10 heteroatoms. The summed E-state index contributed by atoms with van der Waals surface area (Å²) < 4.78 is 12.5. The Hall–Kier alpha value is -4.18. The molecule has 0 aliphatic carbocycles. The Labute approximate surface area is 218 Å². The summed E-state index contributed by atoms with van der Waals surface area (Å²) in [6.07, 6.45) is 0.121. The molecule has 1 N–H and O–H groups in total. The zero-order valence-electron chi connectivity index (χ0n) is 20.8. The summed E-state index contributed by atoms with van der Waals surface area (Å²) in [6.45, 7) is 4.69. The fraction of sp³-hybridized carbons (Fsp3) is 0.259. The van der Waals surface area contributed by atoms with Crippen LogP contribution < -0.4 is 19.7 Å². The van der Waals surface area contributed by atoms with Gasteiger partial charge in [-0.3, -0.25) is 9.59 Å². The first-order valence-electron chi connectivity index (χ1n) is 12.0. The molecule has 0 bridgehead atoms. The van der Waals surface area contributed by atoms with Crippen LogP contribution in [0, 0.1) is 12.8 Å². The van der Waals surface area contributed by atoms with Crippen molar-refractivity contribution in [1.29, 1.82) is 0 Å². The summed E-state index contributed by atoms with van der Waals surface area (Å²) in [6, 6.07) is 16.9. The first-order valence-corrected chi connectivity index (χ1v) is 12.8. The fourth-order valence-corrected chi connectivity index (χ4v) is 5.11. The van der Waals surface area contributed by atoms with Crippen molar-refractivity contribution in [3.8, 4) is 27.9 Å². The van der Waals surface area contributed by atoms with Crippen molar-refractivity contribution in [3.63, 3.8) is 0 Å². The number of amides is 2. The second-order valence-corrected chi connectivity index (χ2v) is 9.46. The molecule has 0 spiro atoms. The number of hydrogen-bond donors (Lipinski definition) is 1. The Bertz CT molecular complexity index is 1430. The Kier molecular flexibility index (Phi) is 6.91. The molecule has 1 unspecified atom stereocenters. The molecule has 37 heavy (non-hydrogen) atoms. The maximum absolute atomic E-state index is 13.2. The monoisotopic (exact) mass is 517 g/mol. The van der Waals surface area contributed by atoms with E-state index in [1.54, 1.807) is 28.8 Å². The third kappa shape index (κ3) is 5.05. The minimum Gasteiger partial charge on any atom is -0.495 e. The van der Waals surface area contributed by atoms with Crippen molar-refractivity contribution >= 4 is 34.7 Å². The normalized spacial score (nSPS) is 15.2. The SMILES string of the molecule is CCOc1ccc(-c2csc(-n3nc(C)cc3NC(=O)C3CC(=O)N(c4ccccc4OC)C3)n2)cc1. The molecule has 0 saturated carbocycles. The predicted octanol–water partition coefficient (Wildman–Crippen LogP) is 4.70. The maximum atomic E-state index is 13.2. The lowest BCUT2D eigenvalue weighted by Crippen LogP contribution is -2.28. The number of methoxy groups -OCH3 is 1. The van der Waals surface area contributed by atoms with Gasteiger partial charge in [0, 0.05) is 30.0 Å². The van der Waals surface area contributed by atoms with E-state index in [0.29, 0.717) is 29.0 Å². The summed E-state index contributed by atoms with van der Waals surface area (Å²) >= 11 is 1.43. The number of nitrogens with zero attached hydrogens (tertiary/aromatic N) is 4. The Morgan fingerprint density at radius 3 is 2.73 bits per heavy atom. The lowest BCUT2D eigenvalue weighted by molar-refractivity contribution is -0.122. The number of anilines is 2. The number of rotatable bonds is 8. The summed E-state index contributed by atoms with van der Waals surface area (Å²) in [7, 11) is 1.56. The van der Waals surface area contributed by atoms with Gasteiger partial charge in [0.2, 0.25) is 16.9 Å². The standard InChI is InChI=1S/C27H27N5O4S/c1-4-36-20-11-9-18(10-12-20)21-16-37-27(28-21)32-24(13-17(2)30-32)29-26(34)19-14-25(33)31(15-19)22-7-5-6-8-23(22)35-3/h5-13,16,19H,4,14-15H2,1-3H3,(H,29,34). The highest BCUT2D eigenvalue weighted by molar-refractivity contribution is 7.12. The van der Waals surface area contributed by atoms with Gasteiger partial charge in [-0.05, 0) is 50.2 Å². The van der Waals surface area contributed by atoms with Crippen molar-refractivity contribution in [2.24, 2.45) is 5.92 Å². The first kappa shape index (κ1) is 24.5. The number of carbonyl (C=O) groups is 2. The van der Waals surface area contributed by atoms with Gasteiger partial charge in [0.25, 0.3) is 0 Å². The van der Waals surface area contributed by atoms with Crippen LogP contribution in [0.2, 0.25) is 0 Å². The molecule has 190 valence electrons. The predicted molar refractivity (Wildman–Crippen MR) is 143 cm³/mol. The van der Waals surface area contributed by atoms with E-state index in [0.717, 1.165) is 22.7 Å². The van der Waals surface area contributed by atoms with Crippen molar-refractivity contribution in [2.75, 3.05) is 30.5 Å². The zero-order chi connectivity index (χ0) is 25.9. The number of carbonyl (C=O) groups excluding carboxylic acids is 2. The minimum atomic E-state index is -0.503. The van der Waals surface area contributed by atoms with Gasteiger partial charge >= 0.3 is 0 Å². The molecular weight excluding hydrogens is 490 g/mol. The number of aromatic nitrogens is 3. The zero-order valence-corrected chi connectivity index (χ0v) is 21.6. The summed E-state index contributed by atoms with van der Waals surface area (Å²) in [5, 5.41) is 10.1. The van der Waals surface area contributed by atoms with Crippen molar-refractivity contribution in [3.05, 3.63) is 65.7 Å². The molecule has 1 aliphatic heterocycles. The van der Waals surface area contributed by atoms with Gasteiger partial charge in [-0.25, -0.2) is 4.98 Å². The van der Waals surface area contributed by atoms with E-state index >= 15 is 0 Å². The lowest BCUT2D eigenvalue weighted by atomic mass is 10.1. The molecule has 1 atom stereocenters. The highest BCUT2D eigenvalue weighted by Crippen LogP contribution is 2.33. The molecule has 1 saturated heterocycles. The van der Waals surface area contributed by atoms with Gasteiger partial charge in [-0.15, -0.1) is 11.3 Å². The van der Waals surface area contributed by atoms with Crippen molar-refractivity contribution < 1.29 is 19.1 Å². The highest BCUT2D eigenvalue weighted by Gasteiger charge is 2.36. The number of ether oxygens (including phenoxy) is 2. The number of thiazole rings is 1. The molecule has 2 amide bonds. The molecule has 4 aromatic rings. The Morgan fingerprint density at radius 2 is 1.97 bits per heavy atom. The van der Waals surface area contributed by atoms with E-state index in [-0.39, 0.29) is 24.8 Å². The quantitative estimate of drug-likeness (QED) is 0.364. The number of para-hydroxylation sites is 2. The molecule has 5 rings (SSSR count). The third-order valence-corrected chi connectivity index (χ3v) is 6.91. The molecule has 3 heterocycles. The number of aryl methyl sites for hydroxylation is 1. The second-order valence-electron chi connectivity index (χ2n) is 8.62. The second kappa shape index (κ2) is 10.4. The minimum absolute atomic E-state index is 0.116. The van der Waals surface area contributed by atoms with Crippen molar-refractivity contribution in [1.82, 2.24) is 14.8 Å². The smallest absolute Gasteiger partial charge is 0.230 e. The average molecular weight is 518 g/mol. The van der Waals surface area contributed by atoms with Crippen LogP contribution in [0.3, 0.4) is 0 Å². The van der Waals surface area contributed by atoms with Crippen LogP contribution in [0.25, 0.3) is 16.4 Å². The molecule has 1 aliphatic rings. The van der Waals surface area contributed by atoms with Gasteiger partial charge in [0.05, 0.1) is 36.7 Å². The van der Waals surface area contributed by atoms with Crippen LogP contribution in [0.4, 0.5) is 11.5 Å². The fourth-order valence-electron chi connectivity index (χ4n) is 4.31. The largest absolute Gasteiger partial charge is 0.495 e. The van der Waals surface area contributed by atoms with Crippen LogP contribution in [0.1, 0.15) is 19.0 Å². The third-order valence-electron chi connectivity index (χ3n) is 6.09. The Morgan fingerprint density at radius 1 is 1.19 bits per heavy atom. The van der Waals surface area contributed by atoms with Crippen LogP contribution in [-0.2, 0) is 9.59 Å². The lowest BCUT2D eigenvalue weighted by Gasteiger charge is -2.19. The number of hydrogen-bond acceptors (Lipinski definition) is 7. The molecule has 9 nitrogen and oxygen atoms in total. The molecule has 0 radical (unpaired) electrons. The van der Waals surface area contributed by atoms with Crippen molar-refractivity contribution in [2.45, 2.75) is 20.3 Å². The highest BCUT2D eigenvalue weighted by atomic mass is 32.1. The summed E-state index contributed by atoms with van der Waals surface area (Å²) in [4.78, 5) is 32.3.